The fourth-order valence-electron chi connectivity index (χ4n) is 2.78. The van der Waals surface area contributed by atoms with E-state index in [0.29, 0.717) is 6.04 Å². The van der Waals surface area contributed by atoms with Gasteiger partial charge in [0.2, 0.25) is 0 Å². The first-order chi connectivity index (χ1) is 8.27. The van der Waals surface area contributed by atoms with E-state index in [1.54, 1.807) is 7.11 Å². The zero-order chi connectivity index (χ0) is 12.5. The Morgan fingerprint density at radius 3 is 2.94 bits per heavy atom. The van der Waals surface area contributed by atoms with Crippen molar-refractivity contribution in [2.75, 3.05) is 33.4 Å². The third kappa shape index (κ3) is 5.84. The molecule has 1 rings (SSSR count). The molecule has 0 aromatic rings. The smallest absolute Gasteiger partial charge is 0.0613 e. The molecule has 3 nitrogen and oxygen atoms in total. The van der Waals surface area contributed by atoms with Crippen molar-refractivity contribution in [1.29, 1.82) is 0 Å². The Morgan fingerprint density at radius 1 is 1.41 bits per heavy atom. The number of nitrogens with zero attached hydrogens (tertiary/aromatic N) is 1. The van der Waals surface area contributed by atoms with Crippen LogP contribution in [0.2, 0.25) is 0 Å². The Labute approximate surface area is 107 Å². The first-order valence-corrected chi connectivity index (χ1v) is 7.24. The number of methoxy groups -OCH3 is 1. The molecule has 3 heteroatoms. The highest BCUT2D eigenvalue weighted by molar-refractivity contribution is 4.77. The molecule has 0 aliphatic carbocycles. The highest BCUT2D eigenvalue weighted by atomic mass is 16.5. The molecule has 2 unspecified atom stereocenters. The van der Waals surface area contributed by atoms with E-state index in [2.05, 4.69) is 24.1 Å². The zero-order valence-electron chi connectivity index (χ0n) is 11.9. The highest BCUT2D eigenvalue weighted by Gasteiger charge is 2.20. The van der Waals surface area contributed by atoms with Crippen molar-refractivity contribution in [1.82, 2.24) is 10.2 Å². The maximum atomic E-state index is 5.13. The minimum atomic E-state index is 0.467. The second-order valence-corrected chi connectivity index (χ2v) is 5.28. The van der Waals surface area contributed by atoms with Gasteiger partial charge in [0.15, 0.2) is 0 Å². The van der Waals surface area contributed by atoms with E-state index in [4.69, 9.17) is 4.74 Å². The van der Waals surface area contributed by atoms with Gasteiger partial charge in [-0.15, -0.1) is 0 Å². The number of hydrogen-bond acceptors (Lipinski definition) is 3. The average Bonchev–Trinajstić information content (AvgIpc) is 2.32. The van der Waals surface area contributed by atoms with Gasteiger partial charge in [-0.1, -0.05) is 19.8 Å². The van der Waals surface area contributed by atoms with Crippen LogP contribution >= 0.6 is 0 Å². The number of ether oxygens (including phenoxy) is 1. The molecule has 1 N–H and O–H groups in total. The number of hydrogen-bond donors (Lipinski definition) is 1. The Balaban J connectivity index is 2.18. The number of likely N-dealkylation sites (tertiary alicyclic amines) is 1. The second kappa shape index (κ2) is 8.90. The molecule has 1 heterocycles. The summed E-state index contributed by atoms with van der Waals surface area (Å²) in [7, 11) is 1.76. The quantitative estimate of drug-likeness (QED) is 0.706. The molecule has 0 amide bonds. The van der Waals surface area contributed by atoms with Crippen LogP contribution < -0.4 is 5.32 Å². The number of rotatable bonds is 8. The van der Waals surface area contributed by atoms with Gasteiger partial charge in [0.25, 0.3) is 0 Å². The highest BCUT2D eigenvalue weighted by Crippen LogP contribution is 2.20. The number of piperidine rings is 1. The molecule has 1 aliphatic heterocycles. The predicted octanol–water partition coefficient (Wildman–Crippen LogP) is 2.27. The molecule has 1 fully saturated rings. The van der Waals surface area contributed by atoms with Crippen LogP contribution in [0, 0.1) is 0 Å². The van der Waals surface area contributed by atoms with E-state index in [0.717, 1.165) is 19.2 Å². The molecule has 0 aromatic carbocycles. The van der Waals surface area contributed by atoms with Crippen molar-refractivity contribution in [3.8, 4) is 0 Å². The van der Waals surface area contributed by atoms with Crippen LogP contribution in [0.4, 0.5) is 0 Å². The fraction of sp³-hybridized carbons (Fsp3) is 1.00. The standard InChI is InChI=1S/C14H30N2O/c1-4-7-14-8-5-6-10-16(14)11-9-15-13(2)12-17-3/h13-15H,4-12H2,1-3H3. The minimum absolute atomic E-state index is 0.467. The third-order valence-corrected chi connectivity index (χ3v) is 3.68. The van der Waals surface area contributed by atoms with Crippen LogP contribution in [-0.2, 0) is 4.74 Å². The van der Waals surface area contributed by atoms with Crippen molar-refractivity contribution < 1.29 is 4.74 Å². The lowest BCUT2D eigenvalue weighted by Crippen LogP contribution is -2.44. The lowest BCUT2D eigenvalue weighted by Gasteiger charge is -2.36. The van der Waals surface area contributed by atoms with E-state index in [1.807, 2.05) is 0 Å². The summed E-state index contributed by atoms with van der Waals surface area (Å²) in [5.41, 5.74) is 0. The molecule has 0 radical (unpaired) electrons. The molecule has 1 aliphatic rings. The van der Waals surface area contributed by atoms with Crippen molar-refractivity contribution in [2.24, 2.45) is 0 Å². The number of nitrogens with one attached hydrogen (secondary N) is 1. The summed E-state index contributed by atoms with van der Waals surface area (Å²) in [6.45, 7) is 8.86. The summed E-state index contributed by atoms with van der Waals surface area (Å²) >= 11 is 0. The molecular formula is C14H30N2O. The molecule has 0 aromatic heterocycles. The minimum Gasteiger partial charge on any atom is -0.383 e. The van der Waals surface area contributed by atoms with Crippen LogP contribution in [0.15, 0.2) is 0 Å². The van der Waals surface area contributed by atoms with Gasteiger partial charge in [-0.25, -0.2) is 0 Å². The van der Waals surface area contributed by atoms with Crippen LogP contribution in [0.3, 0.4) is 0 Å². The molecule has 2 atom stereocenters. The van der Waals surface area contributed by atoms with E-state index in [1.165, 1.54) is 45.2 Å². The van der Waals surface area contributed by atoms with Crippen molar-refractivity contribution in [3.63, 3.8) is 0 Å². The van der Waals surface area contributed by atoms with Crippen molar-refractivity contribution in [2.45, 2.75) is 58.0 Å². The summed E-state index contributed by atoms with van der Waals surface area (Å²) in [6, 6.07) is 1.31. The predicted molar refractivity (Wildman–Crippen MR) is 73.5 cm³/mol. The normalized spacial score (nSPS) is 23.8. The summed E-state index contributed by atoms with van der Waals surface area (Å²) < 4.78 is 5.13. The van der Waals surface area contributed by atoms with Gasteiger partial charge in [-0.2, -0.15) is 0 Å². The largest absolute Gasteiger partial charge is 0.383 e. The monoisotopic (exact) mass is 242 g/mol. The van der Waals surface area contributed by atoms with Crippen LogP contribution in [0.1, 0.15) is 46.0 Å². The molecule has 0 saturated carbocycles. The van der Waals surface area contributed by atoms with Gasteiger partial charge in [-0.3, -0.25) is 4.90 Å². The first-order valence-electron chi connectivity index (χ1n) is 7.24. The van der Waals surface area contributed by atoms with Crippen molar-refractivity contribution >= 4 is 0 Å². The van der Waals surface area contributed by atoms with Crippen LogP contribution in [0.25, 0.3) is 0 Å². The van der Waals surface area contributed by atoms with Gasteiger partial charge in [0.1, 0.15) is 0 Å². The van der Waals surface area contributed by atoms with Crippen molar-refractivity contribution in [3.05, 3.63) is 0 Å². The molecule has 102 valence electrons. The second-order valence-electron chi connectivity index (χ2n) is 5.28. The van der Waals surface area contributed by atoms with Crippen LogP contribution in [-0.4, -0.2) is 50.3 Å². The van der Waals surface area contributed by atoms with Gasteiger partial charge in [0.05, 0.1) is 6.61 Å². The maximum absolute atomic E-state index is 5.13. The Bertz CT molecular complexity index is 185. The Kier molecular flexibility index (Phi) is 7.82. The van der Waals surface area contributed by atoms with Gasteiger partial charge in [0, 0.05) is 32.3 Å². The Hall–Kier alpha value is -0.120. The fourth-order valence-corrected chi connectivity index (χ4v) is 2.78. The summed E-state index contributed by atoms with van der Waals surface area (Å²) in [5.74, 6) is 0. The van der Waals surface area contributed by atoms with Crippen LogP contribution in [0.5, 0.6) is 0 Å². The molecule has 0 bridgehead atoms. The summed E-state index contributed by atoms with van der Waals surface area (Å²) in [6.07, 6.45) is 6.90. The SMILES string of the molecule is CCCC1CCCCN1CCNC(C)COC. The van der Waals surface area contributed by atoms with E-state index in [9.17, 15) is 0 Å². The maximum Gasteiger partial charge on any atom is 0.0613 e. The van der Waals surface area contributed by atoms with E-state index >= 15 is 0 Å². The van der Waals surface area contributed by atoms with E-state index in [-0.39, 0.29) is 0 Å². The van der Waals surface area contributed by atoms with Gasteiger partial charge in [-0.05, 0) is 32.7 Å². The van der Waals surface area contributed by atoms with Gasteiger partial charge < -0.3 is 10.1 Å². The lowest BCUT2D eigenvalue weighted by molar-refractivity contribution is 0.133. The summed E-state index contributed by atoms with van der Waals surface area (Å²) in [5, 5.41) is 3.53. The molecule has 1 saturated heterocycles. The van der Waals surface area contributed by atoms with Gasteiger partial charge >= 0.3 is 0 Å². The third-order valence-electron chi connectivity index (χ3n) is 3.68. The molecular weight excluding hydrogens is 212 g/mol. The average molecular weight is 242 g/mol. The molecule has 17 heavy (non-hydrogen) atoms. The Morgan fingerprint density at radius 2 is 2.24 bits per heavy atom. The zero-order valence-corrected chi connectivity index (χ0v) is 11.9. The molecule has 0 spiro atoms. The first kappa shape index (κ1) is 14.9. The topological polar surface area (TPSA) is 24.5 Å². The summed E-state index contributed by atoms with van der Waals surface area (Å²) in [4.78, 5) is 2.68. The van der Waals surface area contributed by atoms with E-state index < -0.39 is 0 Å². The lowest BCUT2D eigenvalue weighted by atomic mass is 9.98.